The number of fused-ring (bicyclic) bond motifs is 7. The van der Waals surface area contributed by atoms with Crippen molar-refractivity contribution in [3.8, 4) is 39.1 Å². The molecule has 0 aliphatic carbocycles. The lowest BCUT2D eigenvalue weighted by Gasteiger charge is -2.35. The second-order valence-electron chi connectivity index (χ2n) is 21.1. The van der Waals surface area contributed by atoms with Gasteiger partial charge in [0.25, 0.3) is 0 Å². The maximum Gasteiger partial charge on any atom is 0.179 e. The van der Waals surface area contributed by atoms with Gasteiger partial charge in [0.1, 0.15) is 0 Å². The van der Waals surface area contributed by atoms with Crippen molar-refractivity contribution < 1.29 is 0 Å². The summed E-state index contributed by atoms with van der Waals surface area (Å²) in [6, 6.07) is 121. The van der Waals surface area contributed by atoms with Crippen LogP contribution in [0.15, 0.2) is 328 Å². The normalized spacial score (nSPS) is 11.7. The van der Waals surface area contributed by atoms with E-state index in [4.69, 9.17) is 0 Å². The van der Waals surface area contributed by atoms with Gasteiger partial charge in [-0.05, 0) is 136 Å². The van der Waals surface area contributed by atoms with E-state index in [0.29, 0.717) is 0 Å². The highest BCUT2D eigenvalue weighted by atomic mass is 28.3. The molecule has 1 heterocycles. The highest BCUT2D eigenvalue weighted by molar-refractivity contribution is 7.19. The Kier molecular flexibility index (Phi) is 11.9. The van der Waals surface area contributed by atoms with Gasteiger partial charge in [0.2, 0.25) is 0 Å². The Labute approximate surface area is 473 Å². The summed E-state index contributed by atoms with van der Waals surface area (Å²) in [5, 5.41) is 15.4. The minimum atomic E-state index is -2.73. The van der Waals surface area contributed by atoms with Crippen LogP contribution in [-0.4, -0.2) is 12.6 Å². The van der Waals surface area contributed by atoms with Crippen molar-refractivity contribution in [3.63, 3.8) is 0 Å². The molecule has 2 nitrogen and oxygen atoms in total. The van der Waals surface area contributed by atoms with Crippen molar-refractivity contribution in [1.82, 2.24) is 4.57 Å². The first kappa shape index (κ1) is 47.9. The molecule has 0 N–H and O–H groups in total. The molecule has 0 bridgehead atoms. The second-order valence-corrected chi connectivity index (χ2v) is 25.0. The van der Waals surface area contributed by atoms with Crippen LogP contribution < -0.4 is 25.6 Å². The van der Waals surface area contributed by atoms with Gasteiger partial charge in [0.05, 0.1) is 16.7 Å². The minimum absolute atomic E-state index is 1.08. The van der Waals surface area contributed by atoms with Gasteiger partial charge in [-0.25, -0.2) is 0 Å². The van der Waals surface area contributed by atoms with Gasteiger partial charge in [0, 0.05) is 33.2 Å². The van der Waals surface area contributed by atoms with Crippen LogP contribution in [0.1, 0.15) is 0 Å². The third-order valence-corrected chi connectivity index (χ3v) is 21.5. The molecule has 1 aromatic heterocycles. The molecular formula is C78H54N2Si. The lowest BCUT2D eigenvalue weighted by atomic mass is 9.96. The zero-order chi connectivity index (χ0) is 53.7. The first-order valence-electron chi connectivity index (χ1n) is 28.0. The van der Waals surface area contributed by atoms with Crippen LogP contribution in [0.3, 0.4) is 0 Å². The largest absolute Gasteiger partial charge is 0.311 e. The van der Waals surface area contributed by atoms with Gasteiger partial charge in [-0.3, -0.25) is 0 Å². The predicted octanol–water partition coefficient (Wildman–Crippen LogP) is 18.1. The molecule has 0 radical (unpaired) electrons. The van der Waals surface area contributed by atoms with E-state index in [9.17, 15) is 0 Å². The molecule has 0 saturated heterocycles. The van der Waals surface area contributed by atoms with Crippen LogP contribution in [0, 0.1) is 0 Å². The molecule has 0 fully saturated rings. The molecule has 0 unspecified atom stereocenters. The van der Waals surface area contributed by atoms with Gasteiger partial charge >= 0.3 is 0 Å². The Morgan fingerprint density at radius 3 is 1.26 bits per heavy atom. The van der Waals surface area contributed by atoms with E-state index < -0.39 is 8.07 Å². The molecule has 0 spiro atoms. The maximum atomic E-state index is 2.48. The third kappa shape index (κ3) is 8.17. The minimum Gasteiger partial charge on any atom is -0.311 e. The van der Waals surface area contributed by atoms with E-state index in [0.717, 1.165) is 22.6 Å². The van der Waals surface area contributed by atoms with Gasteiger partial charge < -0.3 is 9.47 Å². The summed E-state index contributed by atoms with van der Waals surface area (Å²) in [7, 11) is -2.73. The Hall–Kier alpha value is -10.3. The molecule has 0 amide bonds. The van der Waals surface area contributed by atoms with E-state index >= 15 is 0 Å². The summed E-state index contributed by atoms with van der Waals surface area (Å²) in [6.45, 7) is 0. The highest BCUT2D eigenvalue weighted by Gasteiger charge is 2.41. The summed E-state index contributed by atoms with van der Waals surface area (Å²) in [5.41, 5.74) is 14.0. The van der Waals surface area contributed by atoms with Crippen molar-refractivity contribution in [3.05, 3.63) is 328 Å². The molecule has 0 saturated carbocycles. The SMILES string of the molecule is c1ccc([Si](c2ccccc2)(c2ccccc2)c2ccc(N(c3ccc(-c4ccc(-c5cccc6c5c5ccccc5n6-c5cc6ccccc6c6ccccc56)cc4)cc3)c3ccc(-c4cccc5ccccc45)cc3)cc2)cc1. The third-order valence-electron chi connectivity index (χ3n) is 16.7. The molecule has 0 aliphatic rings. The summed E-state index contributed by atoms with van der Waals surface area (Å²) < 4.78 is 2.48. The Balaban J connectivity index is 0.810. The number of nitrogens with zero attached hydrogens (tertiary/aromatic N) is 2. The number of anilines is 3. The van der Waals surface area contributed by atoms with Crippen LogP contribution in [-0.2, 0) is 0 Å². The number of aromatic nitrogens is 1. The van der Waals surface area contributed by atoms with Crippen LogP contribution in [0.2, 0.25) is 0 Å². The van der Waals surface area contributed by atoms with E-state index in [-0.39, 0.29) is 0 Å². The second kappa shape index (κ2) is 20.2. The van der Waals surface area contributed by atoms with Gasteiger partial charge in [-0.2, -0.15) is 0 Å². The van der Waals surface area contributed by atoms with E-state index in [2.05, 4.69) is 337 Å². The van der Waals surface area contributed by atoms with Gasteiger partial charge in [0.15, 0.2) is 8.07 Å². The number of hydrogen-bond acceptors (Lipinski definition) is 1. The fourth-order valence-electron chi connectivity index (χ4n) is 13.0. The van der Waals surface area contributed by atoms with E-state index in [1.807, 2.05) is 0 Å². The summed E-state index contributed by atoms with van der Waals surface area (Å²) in [6.07, 6.45) is 0. The van der Waals surface area contributed by atoms with Gasteiger partial charge in [-0.15, -0.1) is 0 Å². The van der Waals surface area contributed by atoms with Gasteiger partial charge in [-0.1, -0.05) is 273 Å². The summed E-state index contributed by atoms with van der Waals surface area (Å²) >= 11 is 0. The zero-order valence-corrected chi connectivity index (χ0v) is 45.6. The lowest BCUT2D eigenvalue weighted by Crippen LogP contribution is -2.74. The molecule has 14 aromatic carbocycles. The molecule has 3 heteroatoms. The first-order chi connectivity index (χ1) is 40.2. The van der Waals surface area contributed by atoms with Crippen LogP contribution in [0.5, 0.6) is 0 Å². The molecule has 0 atom stereocenters. The Bertz CT molecular complexity index is 4660. The molecular weight excluding hydrogens is 993 g/mol. The first-order valence-corrected chi connectivity index (χ1v) is 30.0. The molecule has 380 valence electrons. The van der Waals surface area contributed by atoms with Crippen molar-refractivity contribution in [2.45, 2.75) is 0 Å². The van der Waals surface area contributed by atoms with E-state index in [1.165, 1.54) is 108 Å². The fraction of sp³-hybridized carbons (Fsp3) is 0. The lowest BCUT2D eigenvalue weighted by molar-refractivity contribution is 1.20. The quantitative estimate of drug-likeness (QED) is 0.0712. The van der Waals surface area contributed by atoms with Crippen molar-refractivity contribution in [2.75, 3.05) is 4.90 Å². The number of para-hydroxylation sites is 1. The summed E-state index contributed by atoms with van der Waals surface area (Å²) in [5.74, 6) is 0. The van der Waals surface area contributed by atoms with Crippen molar-refractivity contribution in [1.29, 1.82) is 0 Å². The number of benzene rings is 14. The fourth-order valence-corrected chi connectivity index (χ4v) is 17.8. The van der Waals surface area contributed by atoms with Crippen LogP contribution >= 0.6 is 0 Å². The average Bonchev–Trinajstić information content (AvgIpc) is 3.77. The van der Waals surface area contributed by atoms with Crippen LogP contribution in [0.4, 0.5) is 17.1 Å². The maximum absolute atomic E-state index is 2.73. The molecule has 15 rings (SSSR count). The highest BCUT2D eigenvalue weighted by Crippen LogP contribution is 2.43. The topological polar surface area (TPSA) is 8.17 Å². The number of rotatable bonds is 11. The average molecular weight is 1050 g/mol. The van der Waals surface area contributed by atoms with E-state index in [1.54, 1.807) is 0 Å². The summed E-state index contributed by atoms with van der Waals surface area (Å²) in [4.78, 5) is 2.40. The monoisotopic (exact) mass is 1050 g/mol. The molecule has 0 aliphatic heterocycles. The predicted molar refractivity (Wildman–Crippen MR) is 348 cm³/mol. The van der Waals surface area contributed by atoms with Crippen molar-refractivity contribution >= 4 is 100 Å². The number of hydrogen-bond donors (Lipinski definition) is 0. The molecule has 81 heavy (non-hydrogen) atoms. The van der Waals surface area contributed by atoms with Crippen molar-refractivity contribution in [2.24, 2.45) is 0 Å². The Morgan fingerprint density at radius 1 is 0.247 bits per heavy atom. The molecule has 15 aromatic rings. The zero-order valence-electron chi connectivity index (χ0n) is 44.6. The Morgan fingerprint density at radius 2 is 0.642 bits per heavy atom. The van der Waals surface area contributed by atoms with Crippen LogP contribution in [0.25, 0.3) is 93.2 Å². The standard InChI is InChI=1S/C78H54N2Si/c1-4-23-64(24-5-1)81(65-25-6-2-7-26-65,66-27-8-3-9-28-66)67-52-50-63(51-53-67)79(62-48-44-58(45-49-62)69-34-18-22-57-20-10-12-29-68(57)69)61-46-42-56(43-47-61)55-38-40-59(41-39-55)71-35-19-37-76-78(71)74-33-16-17-36-75(74)80(76)77-54-60-21-11-13-30-70(60)72-31-14-15-32-73(72)77/h1-54H. The smallest absolute Gasteiger partial charge is 0.179 e.